The molecule has 0 aliphatic heterocycles. The second kappa shape index (κ2) is 45.6. The Morgan fingerprint density at radius 3 is 1.29 bits per heavy atom. The highest BCUT2D eigenvalue weighted by Gasteiger charge is 2.27. The van der Waals surface area contributed by atoms with Gasteiger partial charge >= 0.3 is 6.92 Å². The highest BCUT2D eigenvalue weighted by Crippen LogP contribution is 2.41. The molecule has 0 saturated carbocycles. The van der Waals surface area contributed by atoms with Gasteiger partial charge in [-0.3, -0.25) is 19.6 Å². The molecule has 26 heteroatoms. The van der Waals surface area contributed by atoms with Crippen LogP contribution in [0.5, 0.6) is 0 Å². The van der Waals surface area contributed by atoms with Gasteiger partial charge in [-0.1, -0.05) is 183 Å². The fraction of sp³-hybridized carbons (Fsp3) is 0.226. The van der Waals surface area contributed by atoms with Crippen molar-refractivity contribution >= 4 is 167 Å². The van der Waals surface area contributed by atoms with Crippen molar-refractivity contribution in [3.8, 4) is 78.6 Å². The van der Waals surface area contributed by atoms with E-state index in [0.29, 0.717) is 60.8 Å². The van der Waals surface area contributed by atoms with Gasteiger partial charge in [0, 0.05) is 119 Å². The maximum absolute atomic E-state index is 12.0. The van der Waals surface area contributed by atoms with Gasteiger partial charge in [0.1, 0.15) is 11.6 Å². The zero-order chi connectivity index (χ0) is 93.1. The summed E-state index contributed by atoms with van der Waals surface area (Å²) in [5, 5.41) is 33.5. The maximum Gasteiger partial charge on any atom is 0.320 e. The molecular formula is C106H98BCl5N12O4S4. The molecule has 0 unspecified atom stereocenters. The molecule has 3 aliphatic rings. The predicted molar refractivity (Wildman–Crippen MR) is 552 cm³/mol. The number of allylic oxidation sites excluding steroid dienone is 2. The molecule has 0 spiro atoms. The molecule has 6 aromatic carbocycles. The van der Waals surface area contributed by atoms with Crippen LogP contribution in [0.3, 0.4) is 0 Å². The van der Waals surface area contributed by atoms with Gasteiger partial charge in [0.2, 0.25) is 5.91 Å². The Labute approximate surface area is 813 Å². The summed E-state index contributed by atoms with van der Waals surface area (Å²) in [6, 6.07) is 67.7. The molecule has 0 saturated heterocycles. The summed E-state index contributed by atoms with van der Waals surface area (Å²) < 4.78 is 3.02. The number of aryl methyl sites for hydroxylation is 5. The molecule has 0 fully saturated rings. The number of hydrogen-bond donors (Lipinski definition) is 6. The number of aromatic nitrogens is 8. The van der Waals surface area contributed by atoms with Crippen molar-refractivity contribution in [1.29, 1.82) is 0 Å². The van der Waals surface area contributed by atoms with Crippen LogP contribution in [0.25, 0.3) is 59.5 Å². The average Bonchev–Trinajstić information content (AvgIpc) is 1.63. The largest absolute Gasteiger partial charge is 0.512 e. The van der Waals surface area contributed by atoms with E-state index >= 15 is 0 Å². The smallest absolute Gasteiger partial charge is 0.320 e. The highest BCUT2D eigenvalue weighted by atomic mass is 35.5. The van der Waals surface area contributed by atoms with Crippen LogP contribution in [0, 0.1) is 45.5 Å². The lowest BCUT2D eigenvalue weighted by atomic mass is 9.64. The third-order valence-corrected chi connectivity index (χ3v) is 28.0. The minimum atomic E-state index is -0.447. The molecule has 18 rings (SSSR count). The third-order valence-electron chi connectivity index (χ3n) is 22.8. The van der Waals surface area contributed by atoms with E-state index in [2.05, 4.69) is 117 Å². The highest BCUT2D eigenvalue weighted by molar-refractivity contribution is 7.20. The maximum atomic E-state index is 12.0. The number of hydrogen-bond acceptors (Lipinski definition) is 19. The summed E-state index contributed by atoms with van der Waals surface area (Å²) >= 11 is 36.6. The van der Waals surface area contributed by atoms with Crippen LogP contribution < -0.4 is 26.7 Å². The number of fused-ring (bicyclic) bond motifs is 2. The van der Waals surface area contributed by atoms with E-state index in [0.717, 1.165) is 231 Å². The van der Waals surface area contributed by atoms with Crippen LogP contribution in [0.4, 0.5) is 34.3 Å². The molecule has 0 atom stereocenters. The fourth-order valence-corrected chi connectivity index (χ4v) is 20.2. The first kappa shape index (κ1) is 96.4. The van der Waals surface area contributed by atoms with Crippen molar-refractivity contribution in [2.24, 2.45) is 0 Å². The number of terminal acetylenes is 2. The number of benzene rings is 6. The number of thiophene rings is 4. The number of amides is 1. The molecule has 6 N–H and O–H groups in total. The number of aliphatic hydroxyl groups excluding tert-OH is 1. The van der Waals surface area contributed by atoms with E-state index in [4.69, 9.17) is 95.8 Å². The number of Topliss-reactive ketones (excluding diaryl/α,β-unsaturated/α-hetero) is 1. The summed E-state index contributed by atoms with van der Waals surface area (Å²) in [5.74, 6) is 8.48. The van der Waals surface area contributed by atoms with Gasteiger partial charge in [0.05, 0.1) is 71.6 Å². The number of anilines is 6. The van der Waals surface area contributed by atoms with Crippen LogP contribution >= 0.6 is 103 Å². The zero-order valence-corrected chi connectivity index (χ0v) is 81.5. The van der Waals surface area contributed by atoms with Crippen molar-refractivity contribution in [1.82, 2.24) is 45.2 Å². The first-order chi connectivity index (χ1) is 63.9. The summed E-state index contributed by atoms with van der Waals surface area (Å²) in [7, 11) is 1.65. The van der Waals surface area contributed by atoms with Gasteiger partial charge in [-0.2, -0.15) is 0 Å². The second-order valence-corrected chi connectivity index (χ2v) is 39.3. The minimum absolute atomic E-state index is 0.00851. The van der Waals surface area contributed by atoms with Crippen molar-refractivity contribution in [2.75, 3.05) is 23.0 Å². The Morgan fingerprint density at radius 2 is 0.879 bits per heavy atom. The number of ketones is 1. The molecule has 0 radical (unpaired) electrons. The lowest BCUT2D eigenvalue weighted by molar-refractivity contribution is -0.120. The number of carbonyl (C=O) groups excluding carboxylic acids is 2. The van der Waals surface area contributed by atoms with E-state index in [9.17, 15) is 19.7 Å². The Balaban J connectivity index is 0.000000133. The Morgan fingerprint density at radius 1 is 0.455 bits per heavy atom. The molecular weight excluding hydrogens is 1820 g/mol. The SMILES string of the molecule is C#CCc1ccc(Nc2cc(-c3ccc(Cl)s3)nc3c2CCC3)cc1.C#CCc1ccc(Nc2nc(-c3cccc(Cl)c3)nc(C)c2CC)cc1.CCc1c(C)nc(-c2ccc(Cl)s2)nc1Cc1ccc(B(C)O)cc1.CCc1c(C)nc(-c2ccc(Cl)s2)nc1Cc1ccc(C2=C(O)CCC2=O)cc1.CNC(=O)Cc1ccc(Nc2cc(-c3ccc(Cl)s3)nc3c2CCC3)cc1. The van der Waals surface area contributed by atoms with Gasteiger partial charge in [0.25, 0.3) is 0 Å². The molecule has 132 heavy (non-hydrogen) atoms. The van der Waals surface area contributed by atoms with Crippen molar-refractivity contribution in [3.05, 3.63) is 335 Å². The number of aliphatic hydroxyl groups is 1. The van der Waals surface area contributed by atoms with Crippen LogP contribution in [0.2, 0.25) is 29.2 Å². The number of carbonyl (C=O) groups is 2. The summed E-state index contributed by atoms with van der Waals surface area (Å²) in [5.41, 5.74) is 29.3. The third kappa shape index (κ3) is 25.0. The summed E-state index contributed by atoms with van der Waals surface area (Å²) in [6.07, 6.45) is 23.8. The standard InChI is InChI=1S/C23H21ClN2O2S.C22H20ClN3.C21H20ClN3OS.C21H17ClN2S.C19H20BClN2OS/c1-3-16-13(2)25-23(20-10-11-21(24)29-20)26-17(16)12-14-4-6-15(7-5-14)22-18(27)8-9-19(22)28;1-4-7-16-10-12-19(13-11-16)25-22-20(5-2)15(3)24-21(26-22)17-8-6-9-18(23)14-17;1-23-21(26)11-13-5-7-14(8-6-13)24-17-12-18(19-9-10-20(22)27-19)25-16-4-2-3-15(16)17;1-2-4-14-7-9-15(10-8-14)23-18-13-19(20-11-12-21(22)25-20)24-17-6-3-5-16(17)18;1-4-15-12(2)22-19(17-9-10-18(21)25-17)23-16(15)11-13-5-7-14(8-6-13)20(3)24/h4-7,10-11,27H,3,8-9,12H2,1-2H3;1,6,8-14H,5,7H2,2-3H3,(H,24,25,26);5-10,12H,2-4,11H2,1H3,(H,23,26)(H,24,25);1,7-13H,3-6H2,(H,23,24);5-10,24H,4,11H2,1-3H3. The monoisotopic (exact) mass is 1920 g/mol. The zero-order valence-electron chi connectivity index (χ0n) is 74.5. The molecule has 668 valence electrons. The lowest BCUT2D eigenvalue weighted by Gasteiger charge is -2.14. The molecule has 3 aliphatic carbocycles. The molecule has 1 amide bonds. The van der Waals surface area contributed by atoms with E-state index in [-0.39, 0.29) is 17.4 Å². The Kier molecular flexibility index (Phi) is 33.3. The Hall–Kier alpha value is -11.7. The number of rotatable bonds is 24. The number of pyridine rings is 2. The molecule has 9 heterocycles. The van der Waals surface area contributed by atoms with Crippen LogP contribution in [-0.2, 0) is 86.6 Å². The predicted octanol–water partition coefficient (Wildman–Crippen LogP) is 26.5. The van der Waals surface area contributed by atoms with Gasteiger partial charge in [-0.05, 0) is 249 Å². The van der Waals surface area contributed by atoms with E-state index < -0.39 is 6.92 Å². The average molecular weight is 1920 g/mol. The molecule has 15 aromatic rings. The van der Waals surface area contributed by atoms with E-state index in [1.807, 2.05) is 178 Å². The van der Waals surface area contributed by atoms with Crippen LogP contribution in [-0.4, -0.2) is 75.7 Å². The molecule has 16 nitrogen and oxygen atoms in total. The van der Waals surface area contributed by atoms with Crippen molar-refractivity contribution in [3.63, 3.8) is 0 Å². The lowest BCUT2D eigenvalue weighted by Crippen LogP contribution is -2.25. The fourth-order valence-electron chi connectivity index (χ4n) is 16.1. The number of likely N-dealkylation sites (N-methyl/N-ethyl adjacent to an activating group) is 1. The van der Waals surface area contributed by atoms with Gasteiger partial charge in [-0.15, -0.1) is 70.0 Å². The first-order valence-corrected chi connectivity index (χ1v) is 49.0. The van der Waals surface area contributed by atoms with Gasteiger partial charge in [0.15, 0.2) is 23.3 Å². The van der Waals surface area contributed by atoms with Crippen molar-refractivity contribution in [2.45, 2.75) is 151 Å². The van der Waals surface area contributed by atoms with E-state index in [1.165, 1.54) is 56.3 Å². The topological polar surface area (TPSA) is 226 Å². The quantitative estimate of drug-likeness (QED) is 0.0244. The number of halogens is 5. The second-order valence-electron chi connectivity index (χ2n) is 32.0. The molecule has 0 bridgehead atoms. The summed E-state index contributed by atoms with van der Waals surface area (Å²) in [4.78, 5) is 65.8. The van der Waals surface area contributed by atoms with Crippen molar-refractivity contribution < 1.29 is 19.7 Å². The number of nitrogens with zero attached hydrogens (tertiary/aromatic N) is 8. The number of nitrogens with one attached hydrogen (secondary N) is 4. The van der Waals surface area contributed by atoms with Crippen LogP contribution in [0.1, 0.15) is 148 Å². The Bertz CT molecular complexity index is 6760. The first-order valence-electron chi connectivity index (χ1n) is 43.8. The van der Waals surface area contributed by atoms with E-state index in [1.54, 1.807) is 36.5 Å². The van der Waals surface area contributed by atoms with Gasteiger partial charge < -0.3 is 31.4 Å². The van der Waals surface area contributed by atoms with Gasteiger partial charge in [-0.25, -0.2) is 29.9 Å². The normalized spacial score (nSPS) is 12.2. The van der Waals surface area contributed by atoms with Crippen LogP contribution in [0.15, 0.2) is 212 Å². The summed E-state index contributed by atoms with van der Waals surface area (Å²) in [6.45, 7) is 13.7. The minimum Gasteiger partial charge on any atom is -0.512 e. The molecule has 9 aromatic heterocycles.